The maximum Gasteiger partial charge on any atom is 0.237 e. The fraction of sp³-hybridized carbons (Fsp3) is 0.533. The second-order valence-corrected chi connectivity index (χ2v) is 7.07. The van der Waals surface area contributed by atoms with Gasteiger partial charge >= 0.3 is 0 Å². The summed E-state index contributed by atoms with van der Waals surface area (Å²) in [5.41, 5.74) is 4.89. The van der Waals surface area contributed by atoms with Gasteiger partial charge in [0.05, 0.1) is 5.54 Å². The van der Waals surface area contributed by atoms with E-state index in [0.717, 1.165) is 36.0 Å². The van der Waals surface area contributed by atoms with Crippen LogP contribution in [0, 0.1) is 0 Å². The van der Waals surface area contributed by atoms with Crippen molar-refractivity contribution in [2.75, 3.05) is 12.3 Å². The normalized spacial score (nSPS) is 13.9. The van der Waals surface area contributed by atoms with Crippen LogP contribution < -0.4 is 11.1 Å². The van der Waals surface area contributed by atoms with Gasteiger partial charge in [0.25, 0.3) is 0 Å². The Labute approximate surface area is 134 Å². The number of hydrogen-bond acceptors (Lipinski definition) is 3. The molecule has 3 nitrogen and oxygen atoms in total. The van der Waals surface area contributed by atoms with Gasteiger partial charge in [-0.1, -0.05) is 35.3 Å². The standard InChI is InChI=1S/C15H23BrN2OS/c1-3-18-15(2,14(17)19)9-4-5-10-20-13-8-6-7-12(16)11-13/h6-8,11,18H,3-5,9-10H2,1-2H3,(H2,17,19). The first-order valence-corrected chi connectivity index (χ1v) is 8.69. The van der Waals surface area contributed by atoms with Crippen LogP contribution >= 0.6 is 27.7 Å². The summed E-state index contributed by atoms with van der Waals surface area (Å²) in [4.78, 5) is 12.8. The molecule has 0 aliphatic heterocycles. The molecule has 0 aliphatic carbocycles. The molecular weight excluding hydrogens is 336 g/mol. The lowest BCUT2D eigenvalue weighted by Gasteiger charge is -2.26. The number of carbonyl (C=O) groups excluding carboxylic acids is 1. The van der Waals surface area contributed by atoms with Gasteiger partial charge in [-0.3, -0.25) is 4.79 Å². The number of benzene rings is 1. The lowest BCUT2D eigenvalue weighted by molar-refractivity contribution is -0.124. The SMILES string of the molecule is CCNC(C)(CCCCSc1cccc(Br)c1)C(N)=O. The van der Waals surface area contributed by atoms with Gasteiger partial charge in [-0.2, -0.15) is 0 Å². The van der Waals surface area contributed by atoms with Crippen LogP contribution in [0.15, 0.2) is 33.6 Å². The summed E-state index contributed by atoms with van der Waals surface area (Å²) < 4.78 is 1.11. The predicted octanol–water partition coefficient (Wildman–Crippen LogP) is 3.57. The van der Waals surface area contributed by atoms with Crippen LogP contribution in [-0.4, -0.2) is 23.7 Å². The van der Waals surface area contributed by atoms with Crippen LogP contribution in [0.2, 0.25) is 0 Å². The zero-order valence-electron chi connectivity index (χ0n) is 12.1. The van der Waals surface area contributed by atoms with Crippen LogP contribution in [0.3, 0.4) is 0 Å². The molecule has 0 saturated carbocycles. The number of nitrogens with two attached hydrogens (primary N) is 1. The number of primary amides is 1. The third-order valence-corrected chi connectivity index (χ3v) is 4.82. The Morgan fingerprint density at radius 2 is 2.20 bits per heavy atom. The minimum absolute atomic E-state index is 0.265. The Morgan fingerprint density at radius 3 is 2.80 bits per heavy atom. The average molecular weight is 359 g/mol. The number of amides is 1. The number of carbonyl (C=O) groups is 1. The van der Waals surface area contributed by atoms with Gasteiger partial charge in [-0.15, -0.1) is 11.8 Å². The molecule has 3 N–H and O–H groups in total. The predicted molar refractivity (Wildman–Crippen MR) is 90.0 cm³/mol. The molecule has 112 valence electrons. The van der Waals surface area contributed by atoms with Gasteiger partial charge in [0.15, 0.2) is 0 Å². The number of rotatable bonds is 9. The smallest absolute Gasteiger partial charge is 0.237 e. The molecule has 0 heterocycles. The highest BCUT2D eigenvalue weighted by Gasteiger charge is 2.28. The first-order valence-electron chi connectivity index (χ1n) is 6.91. The molecule has 0 aliphatic rings. The Balaban J connectivity index is 2.29. The number of thioether (sulfide) groups is 1. The number of unbranched alkanes of at least 4 members (excludes halogenated alkanes) is 1. The molecule has 1 rings (SSSR count). The van der Waals surface area contributed by atoms with E-state index >= 15 is 0 Å². The van der Waals surface area contributed by atoms with E-state index in [1.807, 2.05) is 37.7 Å². The van der Waals surface area contributed by atoms with E-state index in [-0.39, 0.29) is 5.91 Å². The summed E-state index contributed by atoms with van der Waals surface area (Å²) in [5, 5.41) is 3.19. The molecule has 0 fully saturated rings. The summed E-state index contributed by atoms with van der Waals surface area (Å²) in [5.74, 6) is 0.788. The molecule has 0 radical (unpaired) electrons. The van der Waals surface area contributed by atoms with Crippen molar-refractivity contribution in [2.24, 2.45) is 5.73 Å². The zero-order valence-corrected chi connectivity index (χ0v) is 14.5. The fourth-order valence-corrected chi connectivity index (χ4v) is 3.54. The van der Waals surface area contributed by atoms with E-state index in [0.29, 0.717) is 0 Å². The molecule has 1 unspecified atom stereocenters. The summed E-state index contributed by atoms with van der Waals surface area (Å²) in [7, 11) is 0. The van der Waals surface area contributed by atoms with Crippen molar-refractivity contribution in [3.05, 3.63) is 28.7 Å². The van der Waals surface area contributed by atoms with Gasteiger partial charge in [0, 0.05) is 9.37 Å². The monoisotopic (exact) mass is 358 g/mol. The van der Waals surface area contributed by atoms with Crippen LogP contribution in [0.5, 0.6) is 0 Å². The van der Waals surface area contributed by atoms with Gasteiger partial charge in [-0.05, 0) is 50.3 Å². The van der Waals surface area contributed by atoms with Crippen molar-refractivity contribution < 1.29 is 4.79 Å². The lowest BCUT2D eigenvalue weighted by atomic mass is 9.94. The minimum Gasteiger partial charge on any atom is -0.368 e. The van der Waals surface area contributed by atoms with Crippen molar-refractivity contribution in [3.63, 3.8) is 0 Å². The van der Waals surface area contributed by atoms with Gasteiger partial charge in [-0.25, -0.2) is 0 Å². The number of hydrogen-bond donors (Lipinski definition) is 2. The molecule has 0 spiro atoms. The highest BCUT2D eigenvalue weighted by molar-refractivity contribution is 9.10. The minimum atomic E-state index is -0.574. The van der Waals surface area contributed by atoms with Gasteiger partial charge in [0.1, 0.15) is 0 Å². The Morgan fingerprint density at radius 1 is 1.45 bits per heavy atom. The first kappa shape index (κ1) is 17.5. The number of likely N-dealkylation sites (N-methyl/N-ethyl adjacent to an activating group) is 1. The van der Waals surface area contributed by atoms with Crippen molar-refractivity contribution >= 4 is 33.6 Å². The van der Waals surface area contributed by atoms with Gasteiger partial charge in [0.2, 0.25) is 5.91 Å². The molecule has 1 amide bonds. The fourth-order valence-electron chi connectivity index (χ4n) is 2.02. The highest BCUT2D eigenvalue weighted by atomic mass is 79.9. The summed E-state index contributed by atoms with van der Waals surface area (Å²) in [6, 6.07) is 8.30. The Hall–Kier alpha value is -0.520. The third kappa shape index (κ3) is 5.85. The van der Waals surface area contributed by atoms with Crippen LogP contribution in [0.25, 0.3) is 0 Å². The highest BCUT2D eigenvalue weighted by Crippen LogP contribution is 2.23. The average Bonchev–Trinajstić information content (AvgIpc) is 2.38. The summed E-state index contributed by atoms with van der Waals surface area (Å²) >= 11 is 5.31. The second kappa shape index (κ2) is 8.70. The quantitative estimate of drug-likeness (QED) is 0.524. The summed E-state index contributed by atoms with van der Waals surface area (Å²) in [6.45, 7) is 4.64. The second-order valence-electron chi connectivity index (χ2n) is 4.99. The summed E-state index contributed by atoms with van der Waals surface area (Å²) in [6.07, 6.45) is 2.86. The topological polar surface area (TPSA) is 55.1 Å². The maximum atomic E-state index is 11.5. The van der Waals surface area contributed by atoms with E-state index in [4.69, 9.17) is 5.73 Å². The van der Waals surface area contributed by atoms with E-state index in [9.17, 15) is 4.79 Å². The van der Waals surface area contributed by atoms with Crippen LogP contribution in [0.4, 0.5) is 0 Å². The molecule has 0 saturated heterocycles. The largest absolute Gasteiger partial charge is 0.368 e. The molecule has 1 aromatic carbocycles. The molecule has 1 atom stereocenters. The van der Waals surface area contributed by atoms with Gasteiger partial charge < -0.3 is 11.1 Å². The molecule has 20 heavy (non-hydrogen) atoms. The van der Waals surface area contributed by atoms with Crippen LogP contribution in [0.1, 0.15) is 33.1 Å². The lowest BCUT2D eigenvalue weighted by Crippen LogP contribution is -2.52. The molecule has 0 aromatic heterocycles. The van der Waals surface area contributed by atoms with Crippen molar-refractivity contribution in [1.29, 1.82) is 0 Å². The van der Waals surface area contributed by atoms with E-state index < -0.39 is 5.54 Å². The first-order chi connectivity index (χ1) is 9.48. The molecule has 5 heteroatoms. The zero-order chi connectivity index (χ0) is 15.0. The van der Waals surface area contributed by atoms with Crippen LogP contribution in [-0.2, 0) is 4.79 Å². The molecule has 0 bridgehead atoms. The molecular formula is C15H23BrN2OS. The van der Waals surface area contributed by atoms with E-state index in [1.54, 1.807) is 0 Å². The van der Waals surface area contributed by atoms with E-state index in [2.05, 4.69) is 33.4 Å². The third-order valence-electron chi connectivity index (χ3n) is 3.25. The van der Waals surface area contributed by atoms with Crippen molar-refractivity contribution in [1.82, 2.24) is 5.32 Å². The van der Waals surface area contributed by atoms with Crippen molar-refractivity contribution in [2.45, 2.75) is 43.5 Å². The number of halogens is 1. The van der Waals surface area contributed by atoms with E-state index in [1.165, 1.54) is 4.90 Å². The molecule has 1 aromatic rings. The Bertz CT molecular complexity index is 442. The number of nitrogens with one attached hydrogen (secondary N) is 1. The Kier molecular flexibility index (Phi) is 7.62. The van der Waals surface area contributed by atoms with Crippen molar-refractivity contribution in [3.8, 4) is 0 Å². The maximum absolute atomic E-state index is 11.5.